The number of amides is 1. The molecule has 158 valence electrons. The minimum atomic E-state index is -3.77. The summed E-state index contributed by atoms with van der Waals surface area (Å²) in [5.74, 6) is -0.301. The van der Waals surface area contributed by atoms with Crippen LogP contribution < -0.4 is 11.1 Å². The van der Waals surface area contributed by atoms with Gasteiger partial charge in [0, 0.05) is 25.2 Å². The van der Waals surface area contributed by atoms with E-state index in [0.29, 0.717) is 30.8 Å². The topological polar surface area (TPSA) is 112 Å². The van der Waals surface area contributed by atoms with Gasteiger partial charge < -0.3 is 9.73 Å². The van der Waals surface area contributed by atoms with Gasteiger partial charge in [0.25, 0.3) is 0 Å². The molecule has 2 N–H and O–H groups in total. The zero-order valence-electron chi connectivity index (χ0n) is 16.5. The van der Waals surface area contributed by atoms with E-state index < -0.39 is 15.8 Å². The number of carbonyl (C=O) groups is 1. The summed E-state index contributed by atoms with van der Waals surface area (Å²) >= 11 is 0. The van der Waals surface area contributed by atoms with Crippen LogP contribution in [0.15, 0.2) is 32.3 Å². The van der Waals surface area contributed by atoms with Gasteiger partial charge in [-0.15, -0.1) is 0 Å². The maximum Gasteiger partial charge on any atom is 0.417 e. The highest BCUT2D eigenvalue weighted by Gasteiger charge is 2.34. The van der Waals surface area contributed by atoms with Crippen molar-refractivity contribution in [3.8, 4) is 0 Å². The fourth-order valence-electron chi connectivity index (χ4n) is 4.33. The van der Waals surface area contributed by atoms with Crippen LogP contribution in [0.5, 0.6) is 0 Å². The lowest BCUT2D eigenvalue weighted by molar-refractivity contribution is -0.127. The predicted octanol–water partition coefficient (Wildman–Crippen LogP) is 2.22. The van der Waals surface area contributed by atoms with Crippen molar-refractivity contribution in [2.45, 2.75) is 56.4 Å². The predicted molar refractivity (Wildman–Crippen MR) is 108 cm³/mol. The Kier molecular flexibility index (Phi) is 5.52. The van der Waals surface area contributed by atoms with Gasteiger partial charge >= 0.3 is 5.76 Å². The molecule has 4 rings (SSSR count). The van der Waals surface area contributed by atoms with Gasteiger partial charge in [0.2, 0.25) is 15.9 Å². The van der Waals surface area contributed by atoms with Crippen molar-refractivity contribution in [2.75, 3.05) is 13.1 Å². The monoisotopic (exact) mass is 421 g/mol. The van der Waals surface area contributed by atoms with Crippen LogP contribution in [0.3, 0.4) is 0 Å². The quantitative estimate of drug-likeness (QED) is 0.786. The molecule has 2 heterocycles. The number of hydrogen-bond acceptors (Lipinski definition) is 5. The number of H-pyrrole nitrogens is 1. The zero-order chi connectivity index (χ0) is 20.6. The SMILES string of the molecule is CC1CCC(NC(=O)[C@H]2CCCN(S(=O)(=O)c3ccc4[nH]c(=O)oc4c3)C2)CC1. The number of nitrogens with one attached hydrogen (secondary N) is 2. The molecule has 1 aliphatic carbocycles. The number of sulfonamides is 1. The molecular formula is C20H27N3O5S. The lowest BCUT2D eigenvalue weighted by atomic mass is 9.87. The summed E-state index contributed by atoms with van der Waals surface area (Å²) in [6, 6.07) is 4.53. The third kappa shape index (κ3) is 4.25. The molecule has 2 aliphatic rings. The highest BCUT2D eigenvalue weighted by Crippen LogP contribution is 2.27. The van der Waals surface area contributed by atoms with E-state index in [1.807, 2.05) is 0 Å². The van der Waals surface area contributed by atoms with Crippen molar-refractivity contribution in [3.63, 3.8) is 0 Å². The minimum absolute atomic E-state index is 0.0449. The number of rotatable bonds is 4. The Bertz CT molecular complexity index is 1050. The lowest BCUT2D eigenvalue weighted by Crippen LogP contribution is -2.48. The number of oxazole rings is 1. The van der Waals surface area contributed by atoms with E-state index in [1.165, 1.54) is 22.5 Å². The zero-order valence-corrected chi connectivity index (χ0v) is 17.3. The maximum absolute atomic E-state index is 13.1. The van der Waals surface area contributed by atoms with Gasteiger partial charge in [-0.2, -0.15) is 4.31 Å². The standard InChI is InChI=1S/C20H27N3O5S/c1-13-4-6-15(7-5-13)21-19(24)14-3-2-10-23(12-14)29(26,27)16-8-9-17-18(11-16)28-20(25)22-17/h8-9,11,13-15H,2-7,10,12H2,1H3,(H,21,24)(H,22,25)/t13?,14-,15?/m0/s1. The van der Waals surface area contributed by atoms with Gasteiger partial charge in [0.15, 0.2) is 5.58 Å². The number of nitrogens with zero attached hydrogens (tertiary/aromatic N) is 1. The molecule has 0 radical (unpaired) electrons. The molecule has 1 atom stereocenters. The van der Waals surface area contributed by atoms with Gasteiger partial charge in [-0.25, -0.2) is 13.2 Å². The third-order valence-corrected chi connectivity index (χ3v) is 8.01. The molecule has 1 amide bonds. The highest BCUT2D eigenvalue weighted by atomic mass is 32.2. The molecule has 2 fully saturated rings. The average molecular weight is 422 g/mol. The summed E-state index contributed by atoms with van der Waals surface area (Å²) in [4.78, 5) is 26.6. The average Bonchev–Trinajstić information content (AvgIpc) is 3.09. The molecule has 0 spiro atoms. The second-order valence-corrected chi connectivity index (χ2v) is 10.3. The number of carbonyl (C=O) groups excluding carboxylic acids is 1. The Labute approximate surface area is 169 Å². The summed E-state index contributed by atoms with van der Waals surface area (Å²) in [6.45, 7) is 2.78. The van der Waals surface area contributed by atoms with Crippen LogP contribution in [0.25, 0.3) is 11.1 Å². The van der Waals surface area contributed by atoms with Crippen LogP contribution in [0.4, 0.5) is 0 Å². The van der Waals surface area contributed by atoms with E-state index in [4.69, 9.17) is 4.42 Å². The number of aromatic nitrogens is 1. The van der Waals surface area contributed by atoms with E-state index in [1.54, 1.807) is 0 Å². The van der Waals surface area contributed by atoms with Crippen molar-refractivity contribution in [2.24, 2.45) is 11.8 Å². The summed E-state index contributed by atoms with van der Waals surface area (Å²) in [5.41, 5.74) is 0.653. The minimum Gasteiger partial charge on any atom is -0.408 e. The Morgan fingerprint density at radius 1 is 1.21 bits per heavy atom. The number of hydrogen-bond donors (Lipinski definition) is 2. The first-order valence-electron chi connectivity index (χ1n) is 10.3. The normalized spacial score (nSPS) is 26.4. The van der Waals surface area contributed by atoms with E-state index in [-0.39, 0.29) is 34.9 Å². The van der Waals surface area contributed by atoms with Crippen molar-refractivity contribution >= 4 is 27.0 Å². The largest absolute Gasteiger partial charge is 0.417 e. The number of piperidine rings is 1. The molecule has 1 aliphatic heterocycles. The molecular weight excluding hydrogens is 394 g/mol. The summed E-state index contributed by atoms with van der Waals surface area (Å²) in [6.07, 6.45) is 5.54. The molecule has 1 saturated carbocycles. The Morgan fingerprint density at radius 3 is 2.72 bits per heavy atom. The van der Waals surface area contributed by atoms with Crippen molar-refractivity contribution in [3.05, 3.63) is 28.7 Å². The van der Waals surface area contributed by atoms with Crippen LogP contribution in [0.2, 0.25) is 0 Å². The van der Waals surface area contributed by atoms with Crippen molar-refractivity contribution < 1.29 is 17.6 Å². The van der Waals surface area contributed by atoms with Crippen LogP contribution in [0.1, 0.15) is 45.4 Å². The summed E-state index contributed by atoms with van der Waals surface area (Å²) in [7, 11) is -3.77. The van der Waals surface area contributed by atoms with E-state index in [0.717, 1.165) is 25.7 Å². The highest BCUT2D eigenvalue weighted by molar-refractivity contribution is 7.89. The molecule has 1 saturated heterocycles. The Morgan fingerprint density at radius 2 is 1.97 bits per heavy atom. The molecule has 1 aromatic carbocycles. The third-order valence-electron chi connectivity index (χ3n) is 6.15. The van der Waals surface area contributed by atoms with E-state index in [9.17, 15) is 18.0 Å². The lowest BCUT2D eigenvalue weighted by Gasteiger charge is -2.33. The smallest absolute Gasteiger partial charge is 0.408 e. The second kappa shape index (κ2) is 7.95. The number of aromatic amines is 1. The van der Waals surface area contributed by atoms with Crippen molar-refractivity contribution in [1.82, 2.24) is 14.6 Å². The fraction of sp³-hybridized carbons (Fsp3) is 0.600. The summed E-state index contributed by atoms with van der Waals surface area (Å²) < 4.78 is 32.5. The van der Waals surface area contributed by atoms with Crippen LogP contribution >= 0.6 is 0 Å². The first kappa shape index (κ1) is 20.2. The van der Waals surface area contributed by atoms with Crippen LogP contribution in [0, 0.1) is 11.8 Å². The molecule has 9 heteroatoms. The second-order valence-electron chi connectivity index (χ2n) is 8.34. The molecule has 2 aromatic rings. The molecule has 29 heavy (non-hydrogen) atoms. The van der Waals surface area contributed by atoms with Gasteiger partial charge in [-0.1, -0.05) is 6.92 Å². The van der Waals surface area contributed by atoms with Gasteiger partial charge in [-0.3, -0.25) is 9.78 Å². The Balaban J connectivity index is 1.46. The van der Waals surface area contributed by atoms with E-state index in [2.05, 4.69) is 17.2 Å². The first-order chi connectivity index (χ1) is 13.8. The van der Waals surface area contributed by atoms with Crippen LogP contribution in [-0.4, -0.2) is 42.7 Å². The van der Waals surface area contributed by atoms with Gasteiger partial charge in [0.1, 0.15) is 0 Å². The van der Waals surface area contributed by atoms with Crippen LogP contribution in [-0.2, 0) is 14.8 Å². The maximum atomic E-state index is 13.1. The number of benzene rings is 1. The van der Waals surface area contributed by atoms with E-state index >= 15 is 0 Å². The fourth-order valence-corrected chi connectivity index (χ4v) is 5.87. The Hall–Kier alpha value is -2.13. The molecule has 8 nitrogen and oxygen atoms in total. The molecule has 0 unspecified atom stereocenters. The molecule has 0 bridgehead atoms. The van der Waals surface area contributed by atoms with Gasteiger partial charge in [-0.05, 0) is 56.6 Å². The number of fused-ring (bicyclic) bond motifs is 1. The first-order valence-corrected chi connectivity index (χ1v) is 11.7. The molecule has 1 aromatic heterocycles. The van der Waals surface area contributed by atoms with Gasteiger partial charge in [0.05, 0.1) is 16.3 Å². The summed E-state index contributed by atoms with van der Waals surface area (Å²) in [5, 5.41) is 3.13. The van der Waals surface area contributed by atoms with Crippen molar-refractivity contribution in [1.29, 1.82) is 0 Å².